The maximum atomic E-state index is 11.9. The molecule has 1 aromatic carbocycles. The molecule has 126 valence electrons. The first-order valence-electron chi connectivity index (χ1n) is 7.93. The lowest BCUT2D eigenvalue weighted by molar-refractivity contribution is -0.111. The van der Waals surface area contributed by atoms with Gasteiger partial charge in [-0.05, 0) is 42.3 Å². The molecule has 0 aliphatic rings. The van der Waals surface area contributed by atoms with Crippen LogP contribution >= 0.6 is 0 Å². The molecular weight excluding hydrogens is 304 g/mol. The van der Waals surface area contributed by atoms with Gasteiger partial charge < -0.3 is 14.8 Å². The maximum absolute atomic E-state index is 11.9. The Morgan fingerprint density at radius 1 is 1.21 bits per heavy atom. The van der Waals surface area contributed by atoms with Crippen LogP contribution in [0.5, 0.6) is 11.5 Å². The molecule has 0 spiro atoms. The molecule has 0 fully saturated rings. The molecule has 2 rings (SSSR count). The van der Waals surface area contributed by atoms with Crippen LogP contribution in [-0.2, 0) is 4.79 Å². The van der Waals surface area contributed by atoms with E-state index in [2.05, 4.69) is 17.2 Å². The number of benzene rings is 1. The van der Waals surface area contributed by atoms with Gasteiger partial charge in [0, 0.05) is 24.2 Å². The highest BCUT2D eigenvalue weighted by atomic mass is 16.5. The van der Waals surface area contributed by atoms with Crippen LogP contribution in [0.15, 0.2) is 48.8 Å². The zero-order chi connectivity index (χ0) is 17.2. The summed E-state index contributed by atoms with van der Waals surface area (Å²) in [7, 11) is 1.60. The minimum Gasteiger partial charge on any atom is -0.493 e. The predicted octanol–water partition coefficient (Wildman–Crippen LogP) is 3.92. The van der Waals surface area contributed by atoms with Gasteiger partial charge in [0.25, 0.3) is 0 Å². The molecule has 2 aromatic rings. The van der Waals surface area contributed by atoms with Crippen LogP contribution < -0.4 is 14.8 Å². The van der Waals surface area contributed by atoms with Crippen LogP contribution in [0.4, 0.5) is 5.69 Å². The molecule has 0 radical (unpaired) electrons. The van der Waals surface area contributed by atoms with Gasteiger partial charge >= 0.3 is 0 Å². The SMILES string of the molecule is CCCCOc1ccc(/C=C/C(=O)Nc2ccncc2)cc1OC. The van der Waals surface area contributed by atoms with Gasteiger partial charge in [0.2, 0.25) is 5.91 Å². The van der Waals surface area contributed by atoms with Crippen molar-refractivity contribution in [1.82, 2.24) is 4.98 Å². The Labute approximate surface area is 142 Å². The summed E-state index contributed by atoms with van der Waals surface area (Å²) >= 11 is 0. The summed E-state index contributed by atoms with van der Waals surface area (Å²) in [5.41, 5.74) is 1.57. The lowest BCUT2D eigenvalue weighted by atomic mass is 10.2. The van der Waals surface area contributed by atoms with Gasteiger partial charge in [-0.3, -0.25) is 9.78 Å². The molecule has 0 saturated heterocycles. The predicted molar refractivity (Wildman–Crippen MR) is 95.3 cm³/mol. The molecule has 0 unspecified atom stereocenters. The number of nitrogens with zero attached hydrogens (tertiary/aromatic N) is 1. The molecule has 24 heavy (non-hydrogen) atoms. The van der Waals surface area contributed by atoms with E-state index in [1.807, 2.05) is 18.2 Å². The van der Waals surface area contributed by atoms with E-state index in [-0.39, 0.29) is 5.91 Å². The number of hydrogen-bond donors (Lipinski definition) is 1. The Morgan fingerprint density at radius 2 is 2.00 bits per heavy atom. The van der Waals surface area contributed by atoms with Gasteiger partial charge in [0.1, 0.15) is 0 Å². The summed E-state index contributed by atoms with van der Waals surface area (Å²) < 4.78 is 11.0. The second-order valence-electron chi connectivity index (χ2n) is 5.17. The fourth-order valence-electron chi connectivity index (χ4n) is 2.02. The van der Waals surface area contributed by atoms with E-state index < -0.39 is 0 Å². The third-order valence-corrected chi connectivity index (χ3v) is 3.32. The van der Waals surface area contributed by atoms with Crippen molar-refractivity contribution in [3.05, 3.63) is 54.4 Å². The van der Waals surface area contributed by atoms with Gasteiger partial charge in [-0.1, -0.05) is 19.4 Å². The van der Waals surface area contributed by atoms with E-state index in [0.29, 0.717) is 23.8 Å². The molecular formula is C19H22N2O3. The number of ether oxygens (including phenoxy) is 2. The lowest BCUT2D eigenvalue weighted by Gasteiger charge is -2.10. The molecule has 0 aliphatic carbocycles. The van der Waals surface area contributed by atoms with E-state index in [4.69, 9.17) is 9.47 Å². The summed E-state index contributed by atoms with van der Waals surface area (Å²) in [5, 5.41) is 2.76. The Bertz CT molecular complexity index is 684. The highest BCUT2D eigenvalue weighted by Crippen LogP contribution is 2.28. The summed E-state index contributed by atoms with van der Waals surface area (Å²) in [6.07, 6.45) is 8.54. The number of carbonyl (C=O) groups is 1. The van der Waals surface area contributed by atoms with Crippen molar-refractivity contribution < 1.29 is 14.3 Å². The van der Waals surface area contributed by atoms with Crippen molar-refractivity contribution in [2.24, 2.45) is 0 Å². The highest BCUT2D eigenvalue weighted by Gasteiger charge is 2.05. The third-order valence-electron chi connectivity index (χ3n) is 3.32. The standard InChI is InChI=1S/C19H22N2O3/c1-3-4-13-24-17-7-5-15(14-18(17)23-2)6-8-19(22)21-16-9-11-20-12-10-16/h5-12,14H,3-4,13H2,1-2H3,(H,20,21,22)/b8-6+. The van der Waals surface area contributed by atoms with Crippen molar-refractivity contribution in [2.45, 2.75) is 19.8 Å². The van der Waals surface area contributed by atoms with E-state index >= 15 is 0 Å². The topological polar surface area (TPSA) is 60.5 Å². The van der Waals surface area contributed by atoms with E-state index in [1.54, 1.807) is 37.7 Å². The zero-order valence-electron chi connectivity index (χ0n) is 14.0. The second kappa shape index (κ2) is 9.35. The van der Waals surface area contributed by atoms with Crippen LogP contribution in [0, 0.1) is 0 Å². The van der Waals surface area contributed by atoms with Crippen molar-refractivity contribution >= 4 is 17.7 Å². The molecule has 5 heteroatoms. The maximum Gasteiger partial charge on any atom is 0.248 e. The van der Waals surface area contributed by atoms with Gasteiger partial charge in [-0.25, -0.2) is 0 Å². The normalized spacial score (nSPS) is 10.6. The molecule has 1 amide bonds. The molecule has 0 saturated carbocycles. The van der Waals surface area contributed by atoms with Gasteiger partial charge in [-0.15, -0.1) is 0 Å². The molecule has 1 aromatic heterocycles. The van der Waals surface area contributed by atoms with E-state index in [0.717, 1.165) is 18.4 Å². The van der Waals surface area contributed by atoms with Gasteiger partial charge in [0.15, 0.2) is 11.5 Å². The molecule has 5 nitrogen and oxygen atoms in total. The molecule has 1 N–H and O–H groups in total. The summed E-state index contributed by atoms with van der Waals surface area (Å²) in [5.74, 6) is 1.16. The molecule has 0 atom stereocenters. The average Bonchev–Trinajstić information content (AvgIpc) is 2.61. The first-order valence-corrected chi connectivity index (χ1v) is 7.93. The molecule has 0 aliphatic heterocycles. The van der Waals surface area contributed by atoms with Crippen LogP contribution in [-0.4, -0.2) is 24.6 Å². The lowest BCUT2D eigenvalue weighted by Crippen LogP contribution is -2.07. The Kier molecular flexibility index (Phi) is 6.83. The number of aromatic nitrogens is 1. The average molecular weight is 326 g/mol. The second-order valence-corrected chi connectivity index (χ2v) is 5.17. The fraction of sp³-hybridized carbons (Fsp3) is 0.263. The first kappa shape index (κ1) is 17.5. The smallest absolute Gasteiger partial charge is 0.248 e. The van der Waals surface area contributed by atoms with Crippen LogP contribution in [0.2, 0.25) is 0 Å². The van der Waals surface area contributed by atoms with Gasteiger partial charge in [0.05, 0.1) is 13.7 Å². The number of methoxy groups -OCH3 is 1. The zero-order valence-corrected chi connectivity index (χ0v) is 14.0. The van der Waals surface area contributed by atoms with E-state index in [1.165, 1.54) is 6.08 Å². The number of pyridine rings is 1. The summed E-state index contributed by atoms with van der Waals surface area (Å²) in [6, 6.07) is 9.06. The number of carbonyl (C=O) groups excluding carboxylic acids is 1. The van der Waals surface area contributed by atoms with Crippen LogP contribution in [0.3, 0.4) is 0 Å². The number of nitrogens with one attached hydrogen (secondary N) is 1. The van der Waals surface area contributed by atoms with Crippen molar-refractivity contribution in [1.29, 1.82) is 0 Å². The van der Waals surface area contributed by atoms with Crippen LogP contribution in [0.1, 0.15) is 25.3 Å². The van der Waals surface area contributed by atoms with Gasteiger partial charge in [-0.2, -0.15) is 0 Å². The Hall–Kier alpha value is -2.82. The summed E-state index contributed by atoms with van der Waals surface area (Å²) in [4.78, 5) is 15.8. The van der Waals surface area contributed by atoms with Crippen LogP contribution in [0.25, 0.3) is 6.08 Å². The number of unbranched alkanes of at least 4 members (excludes halogenated alkanes) is 1. The number of amides is 1. The van der Waals surface area contributed by atoms with E-state index in [9.17, 15) is 4.79 Å². The van der Waals surface area contributed by atoms with Crippen molar-refractivity contribution in [2.75, 3.05) is 19.0 Å². The fourth-order valence-corrected chi connectivity index (χ4v) is 2.02. The highest BCUT2D eigenvalue weighted by molar-refractivity contribution is 6.01. The first-order chi connectivity index (χ1) is 11.7. The monoisotopic (exact) mass is 326 g/mol. The minimum absolute atomic E-state index is 0.205. The Morgan fingerprint density at radius 3 is 2.71 bits per heavy atom. The number of hydrogen-bond acceptors (Lipinski definition) is 4. The Balaban J connectivity index is 1.99. The largest absolute Gasteiger partial charge is 0.493 e. The van der Waals surface area contributed by atoms with Crippen molar-refractivity contribution in [3.8, 4) is 11.5 Å². The molecule has 1 heterocycles. The molecule has 0 bridgehead atoms. The number of rotatable bonds is 8. The summed E-state index contributed by atoms with van der Waals surface area (Å²) in [6.45, 7) is 2.78. The van der Waals surface area contributed by atoms with Crippen molar-refractivity contribution in [3.63, 3.8) is 0 Å². The minimum atomic E-state index is -0.205. The third kappa shape index (κ3) is 5.43. The quantitative estimate of drug-likeness (QED) is 0.590. The number of anilines is 1.